The van der Waals surface area contributed by atoms with Crippen LogP contribution in [0, 0.1) is 5.92 Å². The maximum absolute atomic E-state index is 11.8. The molecule has 0 spiro atoms. The summed E-state index contributed by atoms with van der Waals surface area (Å²) in [5.74, 6) is 0.462. The lowest BCUT2D eigenvalue weighted by Crippen LogP contribution is -2.31. The van der Waals surface area contributed by atoms with Gasteiger partial charge in [-0.3, -0.25) is 4.90 Å². The summed E-state index contributed by atoms with van der Waals surface area (Å²) in [7, 11) is 0. The van der Waals surface area contributed by atoms with Crippen LogP contribution in [0.25, 0.3) is 5.57 Å². The molecule has 3 heteroatoms. The first kappa shape index (κ1) is 15.8. The summed E-state index contributed by atoms with van der Waals surface area (Å²) >= 11 is 0. The summed E-state index contributed by atoms with van der Waals surface area (Å²) < 4.78 is 5.06. The lowest BCUT2D eigenvalue weighted by Gasteiger charge is -2.27. The third-order valence-corrected chi connectivity index (χ3v) is 3.66. The van der Waals surface area contributed by atoms with E-state index in [2.05, 4.69) is 30.9 Å². The van der Waals surface area contributed by atoms with Crippen LogP contribution in [-0.4, -0.2) is 37.1 Å². The van der Waals surface area contributed by atoms with E-state index in [1.54, 1.807) is 0 Å². The number of carbonyl (C=O) groups is 1. The summed E-state index contributed by atoms with van der Waals surface area (Å²) in [5.41, 5.74) is 3.12. The number of benzene rings is 1. The highest BCUT2D eigenvalue weighted by Gasteiger charge is 2.15. The van der Waals surface area contributed by atoms with Crippen LogP contribution in [-0.2, 0) is 4.74 Å². The molecule has 1 aromatic carbocycles. The van der Waals surface area contributed by atoms with E-state index in [4.69, 9.17) is 4.74 Å². The van der Waals surface area contributed by atoms with Crippen LogP contribution in [0.5, 0.6) is 0 Å². The van der Waals surface area contributed by atoms with Crippen molar-refractivity contribution >= 4 is 11.5 Å². The lowest BCUT2D eigenvalue weighted by molar-refractivity contribution is 0.0526. The number of nitrogens with zero attached hydrogens (tertiary/aromatic N) is 1. The van der Waals surface area contributed by atoms with Gasteiger partial charge in [-0.05, 0) is 42.5 Å². The van der Waals surface area contributed by atoms with E-state index in [0.717, 1.165) is 31.6 Å². The van der Waals surface area contributed by atoms with E-state index in [9.17, 15) is 4.79 Å². The molecule has 0 unspecified atom stereocenters. The molecule has 1 heterocycles. The van der Waals surface area contributed by atoms with E-state index < -0.39 is 0 Å². The van der Waals surface area contributed by atoms with Gasteiger partial charge in [-0.2, -0.15) is 0 Å². The lowest BCUT2D eigenvalue weighted by atomic mass is 9.97. The van der Waals surface area contributed by atoms with Crippen LogP contribution in [0.15, 0.2) is 30.3 Å². The Morgan fingerprint density at radius 2 is 2.19 bits per heavy atom. The van der Waals surface area contributed by atoms with Crippen molar-refractivity contribution in [1.82, 2.24) is 4.90 Å². The van der Waals surface area contributed by atoms with Crippen molar-refractivity contribution in [2.45, 2.75) is 27.2 Å². The largest absolute Gasteiger partial charge is 0.462 e. The normalized spacial score (nSPS) is 15.9. The first-order valence-corrected chi connectivity index (χ1v) is 7.79. The van der Waals surface area contributed by atoms with Gasteiger partial charge in [0.05, 0.1) is 12.2 Å². The van der Waals surface area contributed by atoms with Crippen molar-refractivity contribution in [2.75, 3.05) is 26.2 Å². The summed E-state index contributed by atoms with van der Waals surface area (Å²) in [6, 6.07) is 7.77. The Labute approximate surface area is 127 Å². The van der Waals surface area contributed by atoms with Crippen molar-refractivity contribution in [1.29, 1.82) is 0 Å². The molecule has 0 saturated carbocycles. The van der Waals surface area contributed by atoms with Gasteiger partial charge in [-0.1, -0.05) is 32.1 Å². The van der Waals surface area contributed by atoms with Gasteiger partial charge in [0.15, 0.2) is 0 Å². The Hall–Kier alpha value is -1.61. The van der Waals surface area contributed by atoms with Gasteiger partial charge < -0.3 is 4.74 Å². The second-order valence-electron chi connectivity index (χ2n) is 5.93. The molecular formula is C18H25NO2. The molecule has 1 aliphatic rings. The summed E-state index contributed by atoms with van der Waals surface area (Å²) in [4.78, 5) is 14.3. The van der Waals surface area contributed by atoms with Gasteiger partial charge in [0.1, 0.15) is 0 Å². The number of rotatable bonds is 5. The smallest absolute Gasteiger partial charge is 0.338 e. The molecule has 1 aliphatic heterocycles. The first-order valence-electron chi connectivity index (χ1n) is 7.79. The van der Waals surface area contributed by atoms with Crippen LogP contribution in [0.4, 0.5) is 0 Å². The fourth-order valence-electron chi connectivity index (χ4n) is 2.72. The molecule has 1 aromatic rings. The number of ether oxygens (including phenoxy) is 1. The third-order valence-electron chi connectivity index (χ3n) is 3.66. The molecule has 0 aliphatic carbocycles. The molecule has 0 atom stereocenters. The number of hydrogen-bond donors (Lipinski definition) is 0. The molecule has 0 radical (unpaired) electrons. The average molecular weight is 287 g/mol. The van der Waals surface area contributed by atoms with Gasteiger partial charge in [-0.15, -0.1) is 0 Å². The molecule has 0 aromatic heterocycles. The van der Waals surface area contributed by atoms with Gasteiger partial charge in [0.2, 0.25) is 0 Å². The van der Waals surface area contributed by atoms with Crippen molar-refractivity contribution in [3.05, 3.63) is 41.5 Å². The highest BCUT2D eigenvalue weighted by molar-refractivity contribution is 5.90. The third kappa shape index (κ3) is 4.43. The maximum Gasteiger partial charge on any atom is 0.338 e. The zero-order chi connectivity index (χ0) is 15.2. The zero-order valence-corrected chi connectivity index (χ0v) is 13.3. The van der Waals surface area contributed by atoms with Crippen molar-refractivity contribution in [3.63, 3.8) is 0 Å². The molecule has 21 heavy (non-hydrogen) atoms. The molecule has 114 valence electrons. The van der Waals surface area contributed by atoms with Gasteiger partial charge in [-0.25, -0.2) is 4.79 Å². The minimum Gasteiger partial charge on any atom is -0.462 e. The van der Waals surface area contributed by atoms with E-state index >= 15 is 0 Å². The predicted molar refractivity (Wildman–Crippen MR) is 86.3 cm³/mol. The maximum atomic E-state index is 11.8. The van der Waals surface area contributed by atoms with Crippen molar-refractivity contribution in [2.24, 2.45) is 5.92 Å². The highest BCUT2D eigenvalue weighted by Crippen LogP contribution is 2.23. The molecule has 0 saturated heterocycles. The Morgan fingerprint density at radius 3 is 2.81 bits per heavy atom. The Bertz CT molecular complexity index is 520. The predicted octanol–water partition coefficient (Wildman–Crippen LogP) is 3.61. The van der Waals surface area contributed by atoms with Gasteiger partial charge in [0.25, 0.3) is 0 Å². The van der Waals surface area contributed by atoms with E-state index in [0.29, 0.717) is 18.1 Å². The summed E-state index contributed by atoms with van der Waals surface area (Å²) in [5, 5.41) is 0. The van der Waals surface area contributed by atoms with Crippen LogP contribution in [0.1, 0.15) is 43.1 Å². The molecule has 0 fully saturated rings. The Balaban J connectivity index is 2.07. The molecule has 0 N–H and O–H groups in total. The van der Waals surface area contributed by atoms with Gasteiger partial charge >= 0.3 is 5.97 Å². The van der Waals surface area contributed by atoms with Crippen LogP contribution >= 0.6 is 0 Å². The Morgan fingerprint density at radius 1 is 1.38 bits per heavy atom. The van der Waals surface area contributed by atoms with Crippen LogP contribution in [0.2, 0.25) is 0 Å². The summed E-state index contributed by atoms with van der Waals surface area (Å²) in [6.45, 7) is 9.98. The van der Waals surface area contributed by atoms with E-state index in [-0.39, 0.29) is 5.97 Å². The highest BCUT2D eigenvalue weighted by atomic mass is 16.5. The number of carbonyl (C=O) groups excluding carboxylic acids is 1. The quantitative estimate of drug-likeness (QED) is 0.775. The SMILES string of the molecule is CCOC(=O)c1cccc(C2=CCN(CC(C)C)CC2)c1. The topological polar surface area (TPSA) is 29.5 Å². The molecular weight excluding hydrogens is 262 g/mol. The van der Waals surface area contributed by atoms with Crippen LogP contribution < -0.4 is 0 Å². The molecule has 0 amide bonds. The molecule has 0 bridgehead atoms. The van der Waals surface area contributed by atoms with Crippen molar-refractivity contribution < 1.29 is 9.53 Å². The first-order chi connectivity index (χ1) is 10.1. The fraction of sp³-hybridized carbons (Fsp3) is 0.500. The van der Waals surface area contributed by atoms with E-state index in [1.165, 1.54) is 5.57 Å². The number of esters is 1. The Kier molecular flexibility index (Phi) is 5.57. The minimum absolute atomic E-state index is 0.239. The second-order valence-corrected chi connectivity index (χ2v) is 5.93. The second kappa shape index (κ2) is 7.41. The number of hydrogen-bond acceptors (Lipinski definition) is 3. The summed E-state index contributed by atoms with van der Waals surface area (Å²) in [6.07, 6.45) is 3.33. The average Bonchev–Trinajstić information content (AvgIpc) is 2.48. The fourth-order valence-corrected chi connectivity index (χ4v) is 2.72. The van der Waals surface area contributed by atoms with Crippen molar-refractivity contribution in [3.8, 4) is 0 Å². The van der Waals surface area contributed by atoms with E-state index in [1.807, 2.05) is 25.1 Å². The zero-order valence-electron chi connectivity index (χ0n) is 13.3. The molecule has 3 nitrogen and oxygen atoms in total. The van der Waals surface area contributed by atoms with Gasteiger partial charge in [0, 0.05) is 19.6 Å². The standard InChI is InChI=1S/C18H25NO2/c1-4-21-18(20)17-7-5-6-16(12-17)15-8-10-19(11-9-15)13-14(2)3/h5-8,12,14H,4,9-11,13H2,1-3H3. The molecule has 2 rings (SSSR count). The monoisotopic (exact) mass is 287 g/mol. The van der Waals surface area contributed by atoms with Crippen LogP contribution in [0.3, 0.4) is 0 Å². The minimum atomic E-state index is -0.239.